The van der Waals surface area contributed by atoms with Crippen LogP contribution >= 0.6 is 11.3 Å². The van der Waals surface area contributed by atoms with Crippen LogP contribution in [0.3, 0.4) is 0 Å². The number of thiophene rings is 1. The second-order valence-electron chi connectivity index (χ2n) is 3.05. The molecule has 0 spiro atoms. The molecular weight excluding hydrogens is 229 g/mol. The zero-order chi connectivity index (χ0) is 11.5. The van der Waals surface area contributed by atoms with Crippen LogP contribution in [0, 0.1) is 5.82 Å². The van der Waals surface area contributed by atoms with Gasteiger partial charge in [-0.15, -0.1) is 0 Å². The molecule has 2 N–H and O–H groups in total. The van der Waals surface area contributed by atoms with Crippen LogP contribution in [0.25, 0.3) is 11.1 Å². The average Bonchev–Trinajstić information content (AvgIpc) is 2.73. The number of halogens is 1. The third-order valence-corrected chi connectivity index (χ3v) is 2.69. The van der Waals surface area contributed by atoms with Gasteiger partial charge in [0.15, 0.2) is 11.6 Å². The van der Waals surface area contributed by atoms with Crippen molar-refractivity contribution >= 4 is 17.4 Å². The lowest BCUT2D eigenvalue weighted by Crippen LogP contribution is -2.17. The minimum Gasteiger partial charge on any atom is -0.407 e. The minimum atomic E-state index is -1.03. The van der Waals surface area contributed by atoms with Crippen molar-refractivity contribution in [3.63, 3.8) is 0 Å². The van der Waals surface area contributed by atoms with Crippen molar-refractivity contribution in [2.75, 3.05) is 0 Å². The van der Waals surface area contributed by atoms with Crippen LogP contribution in [-0.2, 0) is 0 Å². The molecule has 0 saturated carbocycles. The Morgan fingerprint density at radius 3 is 2.81 bits per heavy atom. The van der Waals surface area contributed by atoms with Crippen molar-refractivity contribution in [1.29, 1.82) is 0 Å². The summed E-state index contributed by atoms with van der Waals surface area (Å²) in [4.78, 5) is 10.7. The molecular formula is C11H8FNO2S. The lowest BCUT2D eigenvalue weighted by atomic mass is 10.1. The number of primary amides is 1. The van der Waals surface area contributed by atoms with E-state index in [4.69, 9.17) is 5.73 Å². The Balaban J connectivity index is 2.52. The third-order valence-electron chi connectivity index (χ3n) is 2.00. The van der Waals surface area contributed by atoms with Crippen molar-refractivity contribution in [3.8, 4) is 16.9 Å². The molecule has 0 aliphatic carbocycles. The molecule has 82 valence electrons. The molecule has 0 radical (unpaired) electrons. The first-order chi connectivity index (χ1) is 7.68. The van der Waals surface area contributed by atoms with Crippen molar-refractivity contribution < 1.29 is 13.9 Å². The standard InChI is InChI=1S/C11H8FNO2S/c12-9-3-1-2-8(7-4-5-16-6-7)10(9)15-11(13)14/h1-6H,(H2,13,14). The smallest absolute Gasteiger partial charge is 0.407 e. The molecule has 2 aromatic rings. The Kier molecular flexibility index (Phi) is 2.87. The van der Waals surface area contributed by atoms with Crippen molar-refractivity contribution in [2.45, 2.75) is 0 Å². The van der Waals surface area contributed by atoms with Crippen LogP contribution in [0.15, 0.2) is 35.0 Å². The first-order valence-corrected chi connectivity index (χ1v) is 5.41. The number of hydrogen-bond acceptors (Lipinski definition) is 3. The van der Waals surface area contributed by atoms with Gasteiger partial charge in [0.25, 0.3) is 0 Å². The molecule has 0 bridgehead atoms. The summed E-state index contributed by atoms with van der Waals surface area (Å²) in [5, 5.41) is 3.69. The lowest BCUT2D eigenvalue weighted by Gasteiger charge is -2.07. The molecule has 1 aromatic carbocycles. The zero-order valence-corrected chi connectivity index (χ0v) is 8.96. The Morgan fingerprint density at radius 1 is 1.38 bits per heavy atom. The summed E-state index contributed by atoms with van der Waals surface area (Å²) in [6.45, 7) is 0. The van der Waals surface area contributed by atoms with E-state index in [1.165, 1.54) is 17.4 Å². The molecule has 1 aromatic heterocycles. The Morgan fingerprint density at radius 2 is 2.19 bits per heavy atom. The van der Waals surface area contributed by atoms with Crippen molar-refractivity contribution in [2.24, 2.45) is 5.73 Å². The van der Waals surface area contributed by atoms with Gasteiger partial charge in [-0.3, -0.25) is 0 Å². The van der Waals surface area contributed by atoms with Crippen LogP contribution in [0.2, 0.25) is 0 Å². The SMILES string of the molecule is NC(=O)Oc1c(F)cccc1-c1ccsc1. The van der Waals surface area contributed by atoms with Gasteiger partial charge in [0.1, 0.15) is 0 Å². The fourth-order valence-corrected chi connectivity index (χ4v) is 2.01. The van der Waals surface area contributed by atoms with Gasteiger partial charge in [-0.1, -0.05) is 12.1 Å². The molecule has 2 rings (SSSR count). The maximum absolute atomic E-state index is 13.5. The highest BCUT2D eigenvalue weighted by atomic mass is 32.1. The first kappa shape index (κ1) is 10.6. The van der Waals surface area contributed by atoms with E-state index in [2.05, 4.69) is 4.74 Å². The summed E-state index contributed by atoms with van der Waals surface area (Å²) in [6.07, 6.45) is -1.03. The molecule has 3 nitrogen and oxygen atoms in total. The van der Waals surface area contributed by atoms with E-state index in [0.29, 0.717) is 5.56 Å². The van der Waals surface area contributed by atoms with Crippen LogP contribution in [0.1, 0.15) is 0 Å². The van der Waals surface area contributed by atoms with Crippen LogP contribution in [-0.4, -0.2) is 6.09 Å². The number of amides is 1. The number of carbonyl (C=O) groups is 1. The van der Waals surface area contributed by atoms with E-state index < -0.39 is 11.9 Å². The molecule has 0 saturated heterocycles. The maximum atomic E-state index is 13.5. The number of nitrogens with two attached hydrogens (primary N) is 1. The highest BCUT2D eigenvalue weighted by Gasteiger charge is 2.13. The highest BCUT2D eigenvalue weighted by molar-refractivity contribution is 7.08. The van der Waals surface area contributed by atoms with E-state index in [1.807, 2.05) is 16.8 Å². The summed E-state index contributed by atoms with van der Waals surface area (Å²) in [5.74, 6) is -0.740. The van der Waals surface area contributed by atoms with E-state index in [-0.39, 0.29) is 5.75 Å². The first-order valence-electron chi connectivity index (χ1n) is 4.47. The van der Waals surface area contributed by atoms with E-state index >= 15 is 0 Å². The van der Waals surface area contributed by atoms with Gasteiger partial charge in [0.2, 0.25) is 0 Å². The van der Waals surface area contributed by atoms with Crippen LogP contribution in [0.5, 0.6) is 5.75 Å². The molecule has 0 atom stereocenters. The molecule has 0 unspecified atom stereocenters. The van der Waals surface area contributed by atoms with Gasteiger partial charge in [0.05, 0.1) is 0 Å². The molecule has 0 aliphatic rings. The summed E-state index contributed by atoms with van der Waals surface area (Å²) >= 11 is 1.47. The normalized spacial score (nSPS) is 10.1. The Bertz CT molecular complexity index is 511. The topological polar surface area (TPSA) is 52.3 Å². The predicted molar refractivity (Wildman–Crippen MR) is 59.9 cm³/mol. The second-order valence-corrected chi connectivity index (χ2v) is 3.83. The molecule has 1 amide bonds. The van der Waals surface area contributed by atoms with Crippen molar-refractivity contribution in [1.82, 2.24) is 0 Å². The Labute approximate surface area is 95.3 Å². The second kappa shape index (κ2) is 4.32. The molecule has 0 fully saturated rings. The fraction of sp³-hybridized carbons (Fsp3) is 0. The summed E-state index contributed by atoms with van der Waals surface area (Å²) in [5.41, 5.74) is 6.20. The van der Waals surface area contributed by atoms with Gasteiger partial charge in [-0.05, 0) is 28.5 Å². The molecule has 1 heterocycles. The number of carbonyl (C=O) groups excluding carboxylic acids is 1. The summed E-state index contributed by atoms with van der Waals surface area (Å²) in [7, 11) is 0. The van der Waals surface area contributed by atoms with Crippen LogP contribution < -0.4 is 10.5 Å². The molecule has 16 heavy (non-hydrogen) atoms. The van der Waals surface area contributed by atoms with E-state index in [9.17, 15) is 9.18 Å². The Hall–Kier alpha value is -1.88. The maximum Gasteiger partial charge on any atom is 0.410 e. The van der Waals surface area contributed by atoms with E-state index in [1.54, 1.807) is 12.1 Å². The molecule has 0 aliphatic heterocycles. The van der Waals surface area contributed by atoms with Gasteiger partial charge < -0.3 is 10.5 Å². The van der Waals surface area contributed by atoms with Crippen LogP contribution in [0.4, 0.5) is 9.18 Å². The van der Waals surface area contributed by atoms with Gasteiger partial charge >= 0.3 is 6.09 Å². The third kappa shape index (κ3) is 2.04. The lowest BCUT2D eigenvalue weighted by molar-refractivity contribution is 0.209. The monoisotopic (exact) mass is 237 g/mol. The largest absolute Gasteiger partial charge is 0.410 e. The zero-order valence-electron chi connectivity index (χ0n) is 8.14. The number of hydrogen-bond donors (Lipinski definition) is 1. The number of rotatable bonds is 2. The molecule has 5 heteroatoms. The minimum absolute atomic E-state index is 0.131. The predicted octanol–water partition coefficient (Wildman–Crippen LogP) is 3.01. The van der Waals surface area contributed by atoms with E-state index in [0.717, 1.165) is 5.56 Å². The fourth-order valence-electron chi connectivity index (χ4n) is 1.36. The van der Waals surface area contributed by atoms with Gasteiger partial charge in [-0.2, -0.15) is 11.3 Å². The quantitative estimate of drug-likeness (QED) is 0.872. The van der Waals surface area contributed by atoms with Crippen molar-refractivity contribution in [3.05, 3.63) is 40.8 Å². The summed E-state index contributed by atoms with van der Waals surface area (Å²) in [6, 6.07) is 6.25. The summed E-state index contributed by atoms with van der Waals surface area (Å²) < 4.78 is 18.1. The average molecular weight is 237 g/mol. The number of para-hydroxylation sites is 1. The highest BCUT2D eigenvalue weighted by Crippen LogP contribution is 2.33. The number of ether oxygens (including phenoxy) is 1. The van der Waals surface area contributed by atoms with Gasteiger partial charge in [-0.25, -0.2) is 9.18 Å². The number of benzene rings is 1. The van der Waals surface area contributed by atoms with Gasteiger partial charge in [0, 0.05) is 5.56 Å².